The third-order valence-corrected chi connectivity index (χ3v) is 2.73. The molecule has 1 heterocycles. The van der Waals surface area contributed by atoms with Crippen LogP contribution in [0.25, 0.3) is 0 Å². The molecule has 1 aromatic carbocycles. The molecule has 3 nitrogen and oxygen atoms in total. The van der Waals surface area contributed by atoms with Crippen molar-refractivity contribution in [2.24, 2.45) is 0 Å². The van der Waals surface area contributed by atoms with Gasteiger partial charge in [-0.05, 0) is 17.7 Å². The Hall–Kier alpha value is -1.13. The van der Waals surface area contributed by atoms with Gasteiger partial charge in [0.2, 0.25) is 0 Å². The number of aliphatic hydroxyl groups excluding tert-OH is 1. The number of hydrogen-bond acceptors (Lipinski definition) is 2. The zero-order valence-corrected chi connectivity index (χ0v) is 9.63. The number of halogens is 1. The van der Waals surface area contributed by atoms with E-state index in [1.807, 2.05) is 35.0 Å². The average Bonchev–Trinajstić information content (AvgIpc) is 2.71. The Bertz CT molecular complexity index is 411. The van der Waals surface area contributed by atoms with E-state index in [9.17, 15) is 5.11 Å². The topological polar surface area (TPSA) is 38.0 Å². The second kappa shape index (κ2) is 4.59. The Morgan fingerprint density at radius 2 is 2.07 bits per heavy atom. The van der Waals surface area contributed by atoms with Gasteiger partial charge in [-0.2, -0.15) is 0 Å². The first-order chi connectivity index (χ1) is 7.25. The second-order valence-corrected chi connectivity index (χ2v) is 4.24. The van der Waals surface area contributed by atoms with Crippen LogP contribution >= 0.6 is 15.9 Å². The molecule has 0 bridgehead atoms. The summed E-state index contributed by atoms with van der Waals surface area (Å²) in [5, 5.41) is 9.92. The summed E-state index contributed by atoms with van der Waals surface area (Å²) in [4.78, 5) is 3.93. The molecule has 0 saturated carbocycles. The highest BCUT2D eigenvalue weighted by Crippen LogP contribution is 2.18. The molecule has 0 radical (unpaired) electrons. The summed E-state index contributed by atoms with van der Waals surface area (Å²) in [7, 11) is 0. The number of rotatable bonds is 3. The van der Waals surface area contributed by atoms with Crippen LogP contribution in [-0.2, 0) is 6.54 Å². The lowest BCUT2D eigenvalue weighted by Gasteiger charge is -2.11. The maximum absolute atomic E-state index is 9.92. The number of imidazole rings is 1. The van der Waals surface area contributed by atoms with Gasteiger partial charge >= 0.3 is 0 Å². The molecule has 78 valence electrons. The Morgan fingerprint density at radius 1 is 1.33 bits per heavy atom. The van der Waals surface area contributed by atoms with Crippen molar-refractivity contribution in [2.75, 3.05) is 0 Å². The van der Waals surface area contributed by atoms with Gasteiger partial charge in [0.05, 0.1) is 19.0 Å². The standard InChI is InChI=1S/C11H11BrN2O/c12-10-3-1-9(2-4-10)11(15)7-14-6-5-13-8-14/h1-6,8,11,15H,7H2/t11-/m0/s1. The fraction of sp³-hybridized carbons (Fsp3) is 0.182. The molecule has 0 spiro atoms. The highest BCUT2D eigenvalue weighted by Gasteiger charge is 2.07. The van der Waals surface area contributed by atoms with Gasteiger partial charge in [-0.3, -0.25) is 0 Å². The molecule has 0 fully saturated rings. The van der Waals surface area contributed by atoms with Crippen LogP contribution < -0.4 is 0 Å². The molecule has 0 unspecified atom stereocenters. The van der Waals surface area contributed by atoms with Crippen LogP contribution in [0.5, 0.6) is 0 Å². The molecule has 1 atom stereocenters. The molecule has 2 aromatic rings. The van der Waals surface area contributed by atoms with E-state index in [1.165, 1.54) is 0 Å². The molecule has 0 aliphatic rings. The van der Waals surface area contributed by atoms with Crippen molar-refractivity contribution in [3.05, 3.63) is 53.0 Å². The lowest BCUT2D eigenvalue weighted by Crippen LogP contribution is -2.06. The first-order valence-electron chi connectivity index (χ1n) is 4.65. The largest absolute Gasteiger partial charge is 0.387 e. The number of aliphatic hydroxyl groups is 1. The monoisotopic (exact) mass is 266 g/mol. The summed E-state index contributed by atoms with van der Waals surface area (Å²) in [6.07, 6.45) is 4.74. The van der Waals surface area contributed by atoms with Crippen LogP contribution in [0.2, 0.25) is 0 Å². The highest BCUT2D eigenvalue weighted by molar-refractivity contribution is 9.10. The molecule has 15 heavy (non-hydrogen) atoms. The highest BCUT2D eigenvalue weighted by atomic mass is 79.9. The van der Waals surface area contributed by atoms with Crippen LogP contribution in [0.3, 0.4) is 0 Å². The van der Waals surface area contributed by atoms with Crippen LogP contribution in [-0.4, -0.2) is 14.7 Å². The molecule has 4 heteroatoms. The third-order valence-electron chi connectivity index (χ3n) is 2.20. The number of aromatic nitrogens is 2. The molecule has 1 N–H and O–H groups in total. The minimum absolute atomic E-state index is 0.493. The summed E-state index contributed by atoms with van der Waals surface area (Å²) in [5.74, 6) is 0. The smallest absolute Gasteiger partial charge is 0.0969 e. The van der Waals surface area contributed by atoms with E-state index in [2.05, 4.69) is 20.9 Å². The summed E-state index contributed by atoms with van der Waals surface area (Å²) in [6.45, 7) is 0.529. The zero-order valence-electron chi connectivity index (χ0n) is 8.05. The molecule has 2 rings (SSSR count). The lowest BCUT2D eigenvalue weighted by atomic mass is 10.1. The third kappa shape index (κ3) is 2.67. The Kier molecular flexibility index (Phi) is 3.18. The zero-order chi connectivity index (χ0) is 10.7. The Morgan fingerprint density at radius 3 is 2.67 bits per heavy atom. The van der Waals surface area contributed by atoms with Crippen LogP contribution in [0.4, 0.5) is 0 Å². The Labute approximate surface area is 96.5 Å². The maximum Gasteiger partial charge on any atom is 0.0969 e. The first-order valence-corrected chi connectivity index (χ1v) is 5.44. The normalized spacial score (nSPS) is 12.7. The van der Waals surface area contributed by atoms with Crippen LogP contribution in [0.1, 0.15) is 11.7 Å². The first kappa shape index (κ1) is 10.4. The summed E-state index contributed by atoms with van der Waals surface area (Å²) in [6, 6.07) is 7.66. The van der Waals surface area contributed by atoms with E-state index in [-0.39, 0.29) is 0 Å². The fourth-order valence-electron chi connectivity index (χ4n) is 1.38. The number of nitrogens with zero attached hydrogens (tertiary/aromatic N) is 2. The quantitative estimate of drug-likeness (QED) is 0.927. The molecule has 0 amide bonds. The number of hydrogen-bond donors (Lipinski definition) is 1. The molecule has 1 aromatic heterocycles. The van der Waals surface area contributed by atoms with E-state index in [4.69, 9.17) is 0 Å². The minimum atomic E-state index is -0.493. The van der Waals surface area contributed by atoms with Gasteiger partial charge in [0.1, 0.15) is 0 Å². The molecule has 0 saturated heterocycles. The van der Waals surface area contributed by atoms with E-state index >= 15 is 0 Å². The van der Waals surface area contributed by atoms with E-state index in [0.717, 1.165) is 10.0 Å². The van der Waals surface area contributed by atoms with Gasteiger partial charge < -0.3 is 9.67 Å². The van der Waals surface area contributed by atoms with Crippen molar-refractivity contribution in [2.45, 2.75) is 12.6 Å². The van der Waals surface area contributed by atoms with Crippen molar-refractivity contribution in [1.82, 2.24) is 9.55 Å². The van der Waals surface area contributed by atoms with E-state index in [1.54, 1.807) is 12.5 Å². The fourth-order valence-corrected chi connectivity index (χ4v) is 1.65. The van der Waals surface area contributed by atoms with E-state index < -0.39 is 6.10 Å². The van der Waals surface area contributed by atoms with Gasteiger partial charge in [-0.1, -0.05) is 28.1 Å². The van der Waals surface area contributed by atoms with Crippen LogP contribution in [0, 0.1) is 0 Å². The van der Waals surface area contributed by atoms with Crippen molar-refractivity contribution < 1.29 is 5.11 Å². The maximum atomic E-state index is 9.92. The van der Waals surface area contributed by atoms with Gasteiger partial charge in [0.25, 0.3) is 0 Å². The van der Waals surface area contributed by atoms with Gasteiger partial charge in [0.15, 0.2) is 0 Å². The number of benzene rings is 1. The summed E-state index contributed by atoms with van der Waals surface area (Å²) < 4.78 is 2.87. The SMILES string of the molecule is O[C@@H](Cn1ccnc1)c1ccc(Br)cc1. The molecular weight excluding hydrogens is 256 g/mol. The predicted octanol–water partition coefficient (Wildman–Crippen LogP) is 2.38. The Balaban J connectivity index is 2.08. The van der Waals surface area contributed by atoms with Crippen molar-refractivity contribution >= 4 is 15.9 Å². The predicted molar refractivity (Wildman–Crippen MR) is 61.3 cm³/mol. The van der Waals surface area contributed by atoms with Crippen molar-refractivity contribution in [3.8, 4) is 0 Å². The van der Waals surface area contributed by atoms with Crippen molar-refractivity contribution in [1.29, 1.82) is 0 Å². The van der Waals surface area contributed by atoms with Gasteiger partial charge in [-0.15, -0.1) is 0 Å². The lowest BCUT2D eigenvalue weighted by molar-refractivity contribution is 0.156. The second-order valence-electron chi connectivity index (χ2n) is 3.33. The van der Waals surface area contributed by atoms with Crippen LogP contribution in [0.15, 0.2) is 47.5 Å². The molecule has 0 aliphatic heterocycles. The molecule has 0 aliphatic carbocycles. The van der Waals surface area contributed by atoms with E-state index in [0.29, 0.717) is 6.54 Å². The van der Waals surface area contributed by atoms with Crippen molar-refractivity contribution in [3.63, 3.8) is 0 Å². The van der Waals surface area contributed by atoms with Gasteiger partial charge in [-0.25, -0.2) is 4.98 Å². The molecular formula is C11H11BrN2O. The summed E-state index contributed by atoms with van der Waals surface area (Å²) >= 11 is 3.36. The average molecular weight is 267 g/mol. The van der Waals surface area contributed by atoms with Gasteiger partial charge in [0, 0.05) is 16.9 Å². The summed E-state index contributed by atoms with van der Waals surface area (Å²) in [5.41, 5.74) is 0.909. The minimum Gasteiger partial charge on any atom is -0.387 e.